The molecule has 9 rings (SSSR count). The van der Waals surface area contributed by atoms with Crippen LogP contribution in [0, 0.1) is 24.2 Å². The molecule has 0 saturated carbocycles. The van der Waals surface area contributed by atoms with E-state index in [9.17, 15) is 28.8 Å². The van der Waals surface area contributed by atoms with Crippen LogP contribution < -0.4 is 30.7 Å². The van der Waals surface area contributed by atoms with E-state index in [2.05, 4.69) is 48.2 Å². The molecule has 0 spiro atoms. The number of carbonyl (C=O) groups is 6. The van der Waals surface area contributed by atoms with E-state index in [1.165, 1.54) is 14.2 Å². The van der Waals surface area contributed by atoms with Gasteiger partial charge in [-0.05, 0) is 60.1 Å². The van der Waals surface area contributed by atoms with Gasteiger partial charge in [-0.25, -0.2) is 19.6 Å². The number of H-pyrrole nitrogens is 2. The van der Waals surface area contributed by atoms with Crippen LogP contribution in [0.2, 0.25) is 0 Å². The predicted octanol–water partition coefficient (Wildman–Crippen LogP) is 7.41. The van der Waals surface area contributed by atoms with E-state index in [4.69, 9.17) is 30.4 Å². The first-order valence-corrected chi connectivity index (χ1v) is 26.3. The van der Waals surface area contributed by atoms with Crippen molar-refractivity contribution in [3.63, 3.8) is 0 Å². The molecular formula is C59H64N10O10. The maximum atomic E-state index is 14.6. The van der Waals surface area contributed by atoms with E-state index in [1.807, 2.05) is 42.5 Å². The lowest BCUT2D eigenvalue weighted by Gasteiger charge is -2.30. The molecule has 6 aromatic rings. The second-order valence-electron chi connectivity index (χ2n) is 20.3. The summed E-state index contributed by atoms with van der Waals surface area (Å²) >= 11 is 0. The van der Waals surface area contributed by atoms with Gasteiger partial charge in [0.2, 0.25) is 23.6 Å². The summed E-state index contributed by atoms with van der Waals surface area (Å²) in [5, 5.41) is 11.0. The minimum Gasteiger partial charge on any atom is -0.488 e. The number of alkyl carbamates (subject to hydrolysis) is 2. The average Bonchev–Trinajstić information content (AvgIpc) is 4.41. The fraction of sp³-hybridized carbons (Fsp3) is 0.356. The molecule has 1 saturated heterocycles. The van der Waals surface area contributed by atoms with Crippen molar-refractivity contribution >= 4 is 35.8 Å². The summed E-state index contributed by atoms with van der Waals surface area (Å²) < 4.78 is 22.5. The van der Waals surface area contributed by atoms with Crippen LogP contribution >= 0.6 is 0 Å². The molecule has 4 aromatic carbocycles. The first-order valence-electron chi connectivity index (χ1n) is 26.3. The smallest absolute Gasteiger partial charge is 0.407 e. The Bertz CT molecular complexity index is 3230. The third kappa shape index (κ3) is 11.9. The summed E-state index contributed by atoms with van der Waals surface area (Å²) in [5.41, 5.74) is 7.90. The highest BCUT2D eigenvalue weighted by Crippen LogP contribution is 2.51. The maximum Gasteiger partial charge on any atom is 0.407 e. The number of hydrogen-bond acceptors (Lipinski definition) is 12. The monoisotopic (exact) mass is 1070 g/mol. The van der Waals surface area contributed by atoms with Crippen LogP contribution in [-0.2, 0) is 48.4 Å². The van der Waals surface area contributed by atoms with E-state index in [0.717, 1.165) is 45.5 Å². The standard InChI is InChI=1S/C59H64N10O10/c1-8-9-22-68(56(72)51(35-17-12-10-13-18-35)64-54(70)49(33(2)3)66-58(74)76-6)30-46-60-28-41(62-46)37-24-39-31-79-45-27-38(25-40-32-78-44(26-37)47(39)48(40)45)42-29-61-53(63-42)43-21-16-23-69(43)57(73)52(36-19-14-11-15-20-36)65-55(71)50(34(4)5)67-59(75)77-7/h1,10-15,17-20,24-29,33-34,43,49-52H,9,16,21-23,30-32H2,2-7H3,(H,60,62)(H,61,63)(H,64,70)(H,65,71)(H,66,74)(H,67,75). The molecule has 6 N–H and O–H groups in total. The van der Waals surface area contributed by atoms with Gasteiger partial charge < -0.3 is 60.0 Å². The summed E-state index contributed by atoms with van der Waals surface area (Å²) in [6.07, 6.45) is 9.26. The lowest BCUT2D eigenvalue weighted by molar-refractivity contribution is -0.138. The minimum absolute atomic E-state index is 0.0469. The third-order valence-electron chi connectivity index (χ3n) is 14.4. The summed E-state index contributed by atoms with van der Waals surface area (Å²) in [6.45, 7) is 8.35. The molecule has 20 nitrogen and oxygen atoms in total. The van der Waals surface area contributed by atoms with Crippen molar-refractivity contribution in [2.45, 2.75) is 96.9 Å². The fourth-order valence-electron chi connectivity index (χ4n) is 10.3. The van der Waals surface area contributed by atoms with E-state index in [0.29, 0.717) is 52.9 Å². The Morgan fingerprint density at radius 2 is 1.24 bits per heavy atom. The molecule has 0 radical (unpaired) electrons. The second kappa shape index (κ2) is 24.0. The van der Waals surface area contributed by atoms with Gasteiger partial charge in [0.1, 0.15) is 60.5 Å². The highest BCUT2D eigenvalue weighted by Gasteiger charge is 2.39. The SMILES string of the molecule is C#CCCN(Cc1ncc(-c2cc3c4c(c2)OCc2cc(-c5cnc(C6CCCN6C(=O)C(NC(=O)C(NC(=O)OC)C(C)C)c6ccccc6)[nH]5)cc(c2-4)OC3)[nH]1)C(=O)C(NC(=O)C(NC(=O)OC)C(C)C)c1ccccc1. The number of aromatic amines is 2. The fourth-order valence-corrected chi connectivity index (χ4v) is 10.3. The van der Waals surface area contributed by atoms with E-state index < -0.39 is 60.1 Å². The molecule has 1 fully saturated rings. The first-order chi connectivity index (χ1) is 38.1. The summed E-state index contributed by atoms with van der Waals surface area (Å²) in [6, 6.07) is 21.5. The molecule has 5 atom stereocenters. The van der Waals surface area contributed by atoms with E-state index >= 15 is 0 Å². The predicted molar refractivity (Wildman–Crippen MR) is 291 cm³/mol. The lowest BCUT2D eigenvalue weighted by Crippen LogP contribution is -2.52. The number of nitrogens with one attached hydrogen (secondary N) is 6. The van der Waals surface area contributed by atoms with Gasteiger partial charge in [-0.2, -0.15) is 0 Å². The molecular weight excluding hydrogens is 1010 g/mol. The van der Waals surface area contributed by atoms with Gasteiger partial charge in [-0.3, -0.25) is 19.2 Å². The maximum absolute atomic E-state index is 14.6. The molecule has 5 unspecified atom stereocenters. The van der Waals surface area contributed by atoms with Crippen LogP contribution in [0.5, 0.6) is 11.5 Å². The molecule has 5 heterocycles. The van der Waals surface area contributed by atoms with Crippen molar-refractivity contribution in [2.75, 3.05) is 27.3 Å². The van der Waals surface area contributed by atoms with Gasteiger partial charge in [0, 0.05) is 52.9 Å². The largest absolute Gasteiger partial charge is 0.488 e. The van der Waals surface area contributed by atoms with Gasteiger partial charge in [-0.1, -0.05) is 88.4 Å². The summed E-state index contributed by atoms with van der Waals surface area (Å²) in [5.74, 6) is 2.69. The highest BCUT2D eigenvalue weighted by atomic mass is 16.5. The Kier molecular flexibility index (Phi) is 16.6. The number of hydrogen-bond donors (Lipinski definition) is 6. The minimum atomic E-state index is -1.11. The topological polar surface area (TPSA) is 251 Å². The average molecular weight is 1070 g/mol. The van der Waals surface area contributed by atoms with Crippen molar-refractivity contribution in [1.82, 2.24) is 51.0 Å². The molecule has 79 heavy (non-hydrogen) atoms. The van der Waals surface area contributed by atoms with Gasteiger partial charge in [-0.15, -0.1) is 12.3 Å². The van der Waals surface area contributed by atoms with Gasteiger partial charge in [0.05, 0.1) is 50.6 Å². The molecule has 3 aliphatic rings. The quantitative estimate of drug-likeness (QED) is 0.0434. The van der Waals surface area contributed by atoms with Crippen LogP contribution in [0.1, 0.15) is 99.0 Å². The Labute approximate surface area is 457 Å². The Hall–Kier alpha value is -9.12. The number of likely N-dealkylation sites (tertiary alicyclic amines) is 1. The Balaban J connectivity index is 0.921. The van der Waals surface area contributed by atoms with Crippen molar-refractivity contribution in [1.29, 1.82) is 0 Å². The van der Waals surface area contributed by atoms with E-state index in [-0.39, 0.29) is 50.5 Å². The van der Waals surface area contributed by atoms with Crippen LogP contribution in [0.15, 0.2) is 97.3 Å². The van der Waals surface area contributed by atoms with Crippen molar-refractivity contribution in [3.05, 3.63) is 131 Å². The van der Waals surface area contributed by atoms with Crippen LogP contribution in [-0.4, -0.2) is 105 Å². The third-order valence-corrected chi connectivity index (χ3v) is 14.4. The number of carbonyl (C=O) groups excluding carboxylic acids is 6. The lowest BCUT2D eigenvalue weighted by atomic mass is 9.87. The van der Waals surface area contributed by atoms with E-state index in [1.54, 1.807) is 86.3 Å². The number of amides is 6. The normalized spacial score (nSPS) is 15.5. The van der Waals surface area contributed by atoms with Crippen LogP contribution in [0.25, 0.3) is 33.6 Å². The molecule has 410 valence electrons. The summed E-state index contributed by atoms with van der Waals surface area (Å²) in [7, 11) is 2.44. The van der Waals surface area contributed by atoms with Gasteiger partial charge in [0.15, 0.2) is 0 Å². The van der Waals surface area contributed by atoms with Crippen molar-refractivity contribution in [3.8, 4) is 57.5 Å². The number of ether oxygens (including phenoxy) is 4. The Morgan fingerprint density at radius 1 is 0.722 bits per heavy atom. The second-order valence-corrected chi connectivity index (χ2v) is 20.3. The number of methoxy groups -OCH3 is 2. The van der Waals surface area contributed by atoms with Crippen LogP contribution in [0.4, 0.5) is 9.59 Å². The molecule has 2 aromatic heterocycles. The van der Waals surface area contributed by atoms with Crippen molar-refractivity contribution in [2.24, 2.45) is 11.8 Å². The number of terminal acetylenes is 1. The molecule has 20 heteroatoms. The molecule has 0 aliphatic carbocycles. The molecule has 6 amide bonds. The number of benzene rings is 4. The summed E-state index contributed by atoms with van der Waals surface area (Å²) in [4.78, 5) is 101. The van der Waals surface area contributed by atoms with Gasteiger partial charge >= 0.3 is 12.2 Å². The molecule has 3 aliphatic heterocycles. The zero-order chi connectivity index (χ0) is 55.9. The van der Waals surface area contributed by atoms with Crippen LogP contribution in [0.3, 0.4) is 0 Å². The zero-order valence-electron chi connectivity index (χ0n) is 44.9. The Morgan fingerprint density at radius 3 is 1.77 bits per heavy atom. The first kappa shape index (κ1) is 54.7. The number of aromatic nitrogens is 4. The van der Waals surface area contributed by atoms with Crippen molar-refractivity contribution < 1.29 is 47.7 Å². The number of imidazole rings is 2. The number of nitrogens with zero attached hydrogens (tertiary/aromatic N) is 4. The molecule has 0 bridgehead atoms. The number of rotatable bonds is 19. The zero-order valence-corrected chi connectivity index (χ0v) is 44.9. The highest BCUT2D eigenvalue weighted by molar-refractivity contribution is 5.94. The van der Waals surface area contributed by atoms with Gasteiger partial charge in [0.25, 0.3) is 0 Å².